The summed E-state index contributed by atoms with van der Waals surface area (Å²) in [5.74, 6) is -1.76. The van der Waals surface area contributed by atoms with Gasteiger partial charge in [-0.05, 0) is 5.56 Å². The number of ether oxygens (including phenoxy) is 3. The van der Waals surface area contributed by atoms with E-state index in [4.69, 9.17) is 9.47 Å². The van der Waals surface area contributed by atoms with Gasteiger partial charge in [0.25, 0.3) is 0 Å². The number of methoxy groups -OCH3 is 1. The third-order valence-electron chi connectivity index (χ3n) is 4.58. The predicted octanol–water partition coefficient (Wildman–Crippen LogP) is -2.24. The molecule has 0 saturated carbocycles. The van der Waals surface area contributed by atoms with Crippen LogP contribution >= 0.6 is 0 Å². The van der Waals surface area contributed by atoms with Crippen molar-refractivity contribution in [3.63, 3.8) is 0 Å². The lowest BCUT2D eigenvalue weighted by Gasteiger charge is -2.40. The molecule has 1 aliphatic rings. The van der Waals surface area contributed by atoms with Crippen LogP contribution < -0.4 is 10.6 Å². The topological polar surface area (TPSA) is 184 Å². The van der Waals surface area contributed by atoms with Crippen LogP contribution in [0.25, 0.3) is 0 Å². The first kappa shape index (κ1) is 24.5. The highest BCUT2D eigenvalue weighted by Crippen LogP contribution is 2.19. The molecule has 0 aliphatic carbocycles. The lowest BCUT2D eigenvalue weighted by molar-refractivity contribution is -0.236. The number of benzene rings is 1. The zero-order chi connectivity index (χ0) is 23.0. The van der Waals surface area contributed by atoms with E-state index in [9.17, 15) is 34.8 Å². The lowest BCUT2D eigenvalue weighted by Crippen LogP contribution is -2.63. The van der Waals surface area contributed by atoms with Crippen LogP contribution in [0.5, 0.6) is 0 Å². The van der Waals surface area contributed by atoms with E-state index < -0.39 is 67.7 Å². The monoisotopic (exact) mass is 442 g/mol. The Morgan fingerprint density at radius 1 is 1.10 bits per heavy atom. The minimum Gasteiger partial charge on any atom is -0.467 e. The number of aliphatic hydroxyl groups is 4. The maximum absolute atomic E-state index is 12.3. The summed E-state index contributed by atoms with van der Waals surface area (Å²) in [6.07, 6.45) is -9.20. The van der Waals surface area contributed by atoms with Gasteiger partial charge in [-0.1, -0.05) is 30.3 Å². The molecular formula is C19H26N2O10. The number of carbonyl (C=O) groups excluding carboxylic acids is 3. The van der Waals surface area contributed by atoms with Crippen LogP contribution in [0.3, 0.4) is 0 Å². The van der Waals surface area contributed by atoms with Gasteiger partial charge in [0.2, 0.25) is 5.91 Å². The molecule has 12 nitrogen and oxygen atoms in total. The fraction of sp³-hybridized carbons (Fsp3) is 0.526. The Hall–Kier alpha value is -2.77. The van der Waals surface area contributed by atoms with Gasteiger partial charge in [0.15, 0.2) is 6.23 Å². The molecule has 172 valence electrons. The Kier molecular flexibility index (Phi) is 9.15. The largest absolute Gasteiger partial charge is 0.467 e. The second-order valence-electron chi connectivity index (χ2n) is 6.80. The molecule has 0 aromatic heterocycles. The summed E-state index contributed by atoms with van der Waals surface area (Å²) in [6, 6.07) is 7.38. The number of nitrogens with one attached hydrogen (secondary N) is 2. The fourth-order valence-corrected chi connectivity index (χ4v) is 2.87. The SMILES string of the molecule is COC(=O)[C@H](CC(=O)N[C@@H]1O[C@H](CO)[C@@H](O)[C@H](O)[C@H]1O)NC(=O)OCc1ccccc1. The molecule has 0 bridgehead atoms. The summed E-state index contributed by atoms with van der Waals surface area (Å²) in [5, 5.41) is 43.1. The highest BCUT2D eigenvalue weighted by atomic mass is 16.6. The number of aliphatic hydroxyl groups excluding tert-OH is 4. The van der Waals surface area contributed by atoms with Crippen LogP contribution in [0.4, 0.5) is 4.79 Å². The maximum Gasteiger partial charge on any atom is 0.408 e. The van der Waals surface area contributed by atoms with Gasteiger partial charge < -0.3 is 45.3 Å². The van der Waals surface area contributed by atoms with Crippen molar-refractivity contribution in [2.24, 2.45) is 0 Å². The molecule has 2 rings (SSSR count). The first-order valence-corrected chi connectivity index (χ1v) is 9.41. The van der Waals surface area contributed by atoms with Gasteiger partial charge in [-0.15, -0.1) is 0 Å². The van der Waals surface area contributed by atoms with Crippen LogP contribution in [-0.4, -0.2) is 88.8 Å². The quantitative estimate of drug-likeness (QED) is 0.241. The predicted molar refractivity (Wildman–Crippen MR) is 102 cm³/mol. The van der Waals surface area contributed by atoms with E-state index in [1.165, 1.54) is 0 Å². The van der Waals surface area contributed by atoms with Crippen molar-refractivity contribution in [2.45, 2.75) is 49.7 Å². The van der Waals surface area contributed by atoms with Gasteiger partial charge in [0, 0.05) is 0 Å². The molecule has 1 aliphatic heterocycles. The van der Waals surface area contributed by atoms with E-state index in [0.717, 1.165) is 7.11 Å². The Morgan fingerprint density at radius 3 is 2.39 bits per heavy atom. The second kappa shape index (κ2) is 11.6. The molecule has 1 saturated heterocycles. The summed E-state index contributed by atoms with van der Waals surface area (Å²) >= 11 is 0. The minimum absolute atomic E-state index is 0.0579. The summed E-state index contributed by atoms with van der Waals surface area (Å²) in [4.78, 5) is 36.3. The van der Waals surface area contributed by atoms with Crippen LogP contribution in [-0.2, 0) is 30.4 Å². The van der Waals surface area contributed by atoms with Gasteiger partial charge >= 0.3 is 12.1 Å². The summed E-state index contributed by atoms with van der Waals surface area (Å²) < 4.78 is 14.8. The van der Waals surface area contributed by atoms with Crippen molar-refractivity contribution in [1.29, 1.82) is 0 Å². The van der Waals surface area contributed by atoms with E-state index in [2.05, 4.69) is 15.4 Å². The second-order valence-corrected chi connectivity index (χ2v) is 6.80. The van der Waals surface area contributed by atoms with E-state index in [1.54, 1.807) is 30.3 Å². The first-order valence-electron chi connectivity index (χ1n) is 9.41. The number of hydrogen-bond donors (Lipinski definition) is 6. The third kappa shape index (κ3) is 6.87. The summed E-state index contributed by atoms with van der Waals surface area (Å²) in [5.41, 5.74) is 0.715. The van der Waals surface area contributed by atoms with Gasteiger partial charge in [-0.25, -0.2) is 9.59 Å². The number of rotatable bonds is 8. The van der Waals surface area contributed by atoms with Crippen LogP contribution in [0.15, 0.2) is 30.3 Å². The average molecular weight is 442 g/mol. The molecule has 12 heteroatoms. The Balaban J connectivity index is 1.93. The van der Waals surface area contributed by atoms with Crippen LogP contribution in [0.1, 0.15) is 12.0 Å². The number of hydrogen-bond acceptors (Lipinski definition) is 10. The smallest absolute Gasteiger partial charge is 0.408 e. The van der Waals surface area contributed by atoms with Crippen molar-refractivity contribution >= 4 is 18.0 Å². The van der Waals surface area contributed by atoms with Crippen molar-refractivity contribution in [3.8, 4) is 0 Å². The number of esters is 1. The molecule has 6 N–H and O–H groups in total. The van der Waals surface area contributed by atoms with Crippen molar-refractivity contribution in [1.82, 2.24) is 10.6 Å². The van der Waals surface area contributed by atoms with Gasteiger partial charge in [-0.3, -0.25) is 4.79 Å². The zero-order valence-corrected chi connectivity index (χ0v) is 16.7. The standard InChI is InChI=1S/C19H26N2O10/c1-29-18(27)11(20-19(28)30-9-10-5-3-2-4-6-10)7-13(23)21-17-16(26)15(25)14(24)12(8-22)31-17/h2-6,11-12,14-17,22,24-26H,7-9H2,1H3,(H,20,28)(H,21,23)/t11-,12+,14+,15-,16+,17+/m0/s1. The highest BCUT2D eigenvalue weighted by Gasteiger charge is 2.44. The van der Waals surface area contributed by atoms with E-state index in [1.807, 2.05) is 0 Å². The number of carbonyl (C=O) groups is 3. The van der Waals surface area contributed by atoms with Gasteiger partial charge in [0.1, 0.15) is 37.1 Å². The molecule has 0 unspecified atom stereocenters. The minimum atomic E-state index is -1.69. The Morgan fingerprint density at radius 2 is 1.77 bits per heavy atom. The molecule has 6 atom stereocenters. The highest BCUT2D eigenvalue weighted by molar-refractivity contribution is 5.88. The molecule has 0 radical (unpaired) electrons. The number of amides is 2. The average Bonchev–Trinajstić information content (AvgIpc) is 2.77. The van der Waals surface area contributed by atoms with Crippen molar-refractivity contribution in [2.75, 3.05) is 13.7 Å². The molecule has 0 spiro atoms. The zero-order valence-electron chi connectivity index (χ0n) is 16.7. The molecular weight excluding hydrogens is 416 g/mol. The molecule has 1 fully saturated rings. The van der Waals surface area contributed by atoms with E-state index in [-0.39, 0.29) is 6.61 Å². The van der Waals surface area contributed by atoms with E-state index >= 15 is 0 Å². The summed E-state index contributed by atoms with van der Waals surface area (Å²) in [6.45, 7) is -0.728. The Bertz CT molecular complexity index is 744. The maximum atomic E-state index is 12.3. The van der Waals surface area contributed by atoms with Crippen LogP contribution in [0, 0.1) is 0 Å². The fourth-order valence-electron chi connectivity index (χ4n) is 2.87. The van der Waals surface area contributed by atoms with E-state index in [0.29, 0.717) is 5.56 Å². The van der Waals surface area contributed by atoms with Crippen LogP contribution in [0.2, 0.25) is 0 Å². The van der Waals surface area contributed by atoms with Crippen molar-refractivity contribution < 1.29 is 49.0 Å². The molecule has 2 amide bonds. The molecule has 1 heterocycles. The van der Waals surface area contributed by atoms with Gasteiger partial charge in [0.05, 0.1) is 20.1 Å². The summed E-state index contributed by atoms with van der Waals surface area (Å²) in [7, 11) is 1.07. The molecule has 1 aromatic carbocycles. The van der Waals surface area contributed by atoms with Crippen molar-refractivity contribution in [3.05, 3.63) is 35.9 Å². The lowest BCUT2D eigenvalue weighted by atomic mass is 9.98. The normalized spacial score (nSPS) is 26.4. The first-order chi connectivity index (χ1) is 14.8. The molecule has 1 aromatic rings. The van der Waals surface area contributed by atoms with Gasteiger partial charge in [-0.2, -0.15) is 0 Å². The third-order valence-corrected chi connectivity index (χ3v) is 4.58. The molecule has 31 heavy (non-hydrogen) atoms. The Labute approximate surface area is 177 Å². The number of alkyl carbamates (subject to hydrolysis) is 1.